The lowest BCUT2D eigenvalue weighted by molar-refractivity contribution is 0.554. The van der Waals surface area contributed by atoms with Crippen molar-refractivity contribution in [2.45, 2.75) is 18.6 Å². The summed E-state index contributed by atoms with van der Waals surface area (Å²) in [4.78, 5) is 0. The Hall–Kier alpha value is -0.140. The lowest BCUT2D eigenvalue weighted by Gasteiger charge is -2.18. The van der Waals surface area contributed by atoms with Gasteiger partial charge in [-0.2, -0.15) is 0 Å². The molecular formula is C4H9NO4S2. The van der Waals surface area contributed by atoms with Gasteiger partial charge in [-0.15, -0.1) is 4.13 Å². The molecule has 0 aromatic carbocycles. The number of hydrogen-bond donors (Lipinski definition) is 1. The Morgan fingerprint density at radius 1 is 1.27 bits per heavy atom. The minimum atomic E-state index is -3.61. The summed E-state index contributed by atoms with van der Waals surface area (Å²) in [7, 11) is -7.17. The molecule has 0 aromatic heterocycles. The topological polar surface area (TPSA) is 80.3 Å². The summed E-state index contributed by atoms with van der Waals surface area (Å²) in [6, 6.07) is 0. The number of rotatable bonds is 0. The van der Waals surface area contributed by atoms with Crippen molar-refractivity contribution >= 4 is 20.0 Å². The first-order valence-corrected chi connectivity index (χ1v) is 6.28. The van der Waals surface area contributed by atoms with Crippen molar-refractivity contribution < 1.29 is 16.8 Å². The molecule has 0 aromatic rings. The van der Waals surface area contributed by atoms with Crippen molar-refractivity contribution in [2.24, 2.45) is 0 Å². The first kappa shape index (κ1) is 8.95. The predicted octanol–water partition coefficient (Wildman–Crippen LogP) is -0.972. The van der Waals surface area contributed by atoms with Crippen LogP contribution in [0, 0.1) is 0 Å². The highest BCUT2D eigenvalue weighted by Gasteiger charge is 2.32. The molecule has 5 nitrogen and oxygen atoms in total. The van der Waals surface area contributed by atoms with Gasteiger partial charge in [0, 0.05) is 0 Å². The number of hydrogen-bond acceptors (Lipinski definition) is 4. The summed E-state index contributed by atoms with van der Waals surface area (Å²) in [6.45, 7) is 1.48. The zero-order valence-electron chi connectivity index (χ0n) is 5.94. The van der Waals surface area contributed by atoms with Crippen LogP contribution < -0.4 is 4.13 Å². The van der Waals surface area contributed by atoms with Crippen molar-refractivity contribution in [3.05, 3.63) is 0 Å². The van der Waals surface area contributed by atoms with Crippen LogP contribution in [-0.4, -0.2) is 27.8 Å². The van der Waals surface area contributed by atoms with Crippen LogP contribution in [0.15, 0.2) is 0 Å². The van der Waals surface area contributed by atoms with Crippen molar-refractivity contribution in [1.29, 1.82) is 0 Å². The molecule has 0 amide bonds. The standard InChI is InChI=1S/C4H9NO4S2/c1-4-2-3-10(6,7)5-11(4,8)9/h4-5H,2-3H2,1H3. The lowest BCUT2D eigenvalue weighted by Crippen LogP contribution is -2.44. The Bertz CT molecular complexity index is 340. The summed E-state index contributed by atoms with van der Waals surface area (Å²) in [5.41, 5.74) is 0. The quantitative estimate of drug-likeness (QED) is 0.544. The third-order valence-corrected chi connectivity index (χ3v) is 5.58. The molecule has 1 aliphatic heterocycles. The van der Waals surface area contributed by atoms with Crippen molar-refractivity contribution in [3.63, 3.8) is 0 Å². The lowest BCUT2D eigenvalue weighted by atomic mass is 10.4. The maximum Gasteiger partial charge on any atom is 0.227 e. The van der Waals surface area contributed by atoms with Crippen molar-refractivity contribution in [1.82, 2.24) is 4.13 Å². The molecule has 0 aliphatic carbocycles. The number of nitrogens with one attached hydrogen (secondary N) is 1. The summed E-state index contributed by atoms with van der Waals surface area (Å²) >= 11 is 0. The van der Waals surface area contributed by atoms with E-state index in [4.69, 9.17) is 0 Å². The van der Waals surface area contributed by atoms with E-state index in [1.807, 2.05) is 0 Å². The van der Waals surface area contributed by atoms with Gasteiger partial charge in [-0.3, -0.25) is 0 Å². The molecule has 11 heavy (non-hydrogen) atoms. The van der Waals surface area contributed by atoms with Gasteiger partial charge in [0.25, 0.3) is 0 Å². The SMILES string of the molecule is CC1CCS(=O)(=O)NS1(=O)=O. The van der Waals surface area contributed by atoms with Crippen LogP contribution in [0.1, 0.15) is 13.3 Å². The minimum Gasteiger partial charge on any atom is -0.211 e. The minimum absolute atomic E-state index is 0.104. The summed E-state index contributed by atoms with van der Waals surface area (Å²) < 4.78 is 44.9. The average molecular weight is 199 g/mol. The van der Waals surface area contributed by atoms with Crippen LogP contribution in [0.25, 0.3) is 0 Å². The molecule has 0 spiro atoms. The van der Waals surface area contributed by atoms with Gasteiger partial charge in [-0.25, -0.2) is 16.8 Å². The van der Waals surface area contributed by atoms with Gasteiger partial charge in [0.2, 0.25) is 20.0 Å². The second kappa shape index (κ2) is 2.43. The van der Waals surface area contributed by atoms with Crippen LogP contribution in [0.4, 0.5) is 0 Å². The average Bonchev–Trinajstić information content (AvgIpc) is 1.77. The smallest absolute Gasteiger partial charge is 0.211 e. The largest absolute Gasteiger partial charge is 0.227 e. The molecule has 1 rings (SSSR count). The molecule has 1 N–H and O–H groups in total. The summed E-state index contributed by atoms with van der Waals surface area (Å²) in [5.74, 6) is -0.104. The van der Waals surface area contributed by atoms with E-state index in [-0.39, 0.29) is 12.2 Å². The third-order valence-electron chi connectivity index (χ3n) is 1.57. The highest BCUT2D eigenvalue weighted by atomic mass is 32.3. The molecule has 0 bridgehead atoms. The maximum absolute atomic E-state index is 10.9. The Labute approximate surface area is 65.9 Å². The monoisotopic (exact) mass is 199 g/mol. The van der Waals surface area contributed by atoms with Crippen LogP contribution in [0.3, 0.4) is 0 Å². The Kier molecular flexibility index (Phi) is 1.97. The van der Waals surface area contributed by atoms with Gasteiger partial charge < -0.3 is 0 Å². The van der Waals surface area contributed by atoms with Gasteiger partial charge in [-0.1, -0.05) is 0 Å². The molecule has 66 valence electrons. The van der Waals surface area contributed by atoms with Crippen molar-refractivity contribution in [2.75, 3.05) is 5.75 Å². The first-order valence-electron chi connectivity index (χ1n) is 3.08. The van der Waals surface area contributed by atoms with E-state index < -0.39 is 25.3 Å². The Morgan fingerprint density at radius 3 is 2.18 bits per heavy atom. The Morgan fingerprint density at radius 2 is 1.82 bits per heavy atom. The highest BCUT2D eigenvalue weighted by Crippen LogP contribution is 2.12. The molecule has 1 saturated heterocycles. The third kappa shape index (κ3) is 1.91. The van der Waals surface area contributed by atoms with E-state index in [1.165, 1.54) is 6.92 Å². The first-order chi connectivity index (χ1) is 4.83. The van der Waals surface area contributed by atoms with Gasteiger partial charge in [0.15, 0.2) is 0 Å². The predicted molar refractivity (Wildman–Crippen MR) is 39.9 cm³/mol. The molecule has 1 aliphatic rings. The van der Waals surface area contributed by atoms with Gasteiger partial charge in [0.1, 0.15) is 0 Å². The fourth-order valence-corrected chi connectivity index (χ4v) is 4.42. The van der Waals surface area contributed by atoms with E-state index in [2.05, 4.69) is 0 Å². The van der Waals surface area contributed by atoms with Gasteiger partial charge in [0.05, 0.1) is 11.0 Å². The van der Waals surface area contributed by atoms with Crippen molar-refractivity contribution in [3.8, 4) is 0 Å². The maximum atomic E-state index is 10.9. The zero-order chi connectivity index (χ0) is 8.70. The second-order valence-electron chi connectivity index (χ2n) is 2.55. The molecule has 1 fully saturated rings. The van der Waals surface area contributed by atoms with Gasteiger partial charge in [-0.05, 0) is 13.3 Å². The van der Waals surface area contributed by atoms with Gasteiger partial charge >= 0.3 is 0 Å². The summed E-state index contributed by atoms with van der Waals surface area (Å²) in [6.07, 6.45) is 0.178. The normalized spacial score (nSPS) is 34.8. The van der Waals surface area contributed by atoms with E-state index in [0.717, 1.165) is 0 Å². The molecule has 1 atom stereocenters. The fourth-order valence-electron chi connectivity index (χ4n) is 0.777. The second-order valence-corrected chi connectivity index (χ2v) is 6.75. The van der Waals surface area contributed by atoms with E-state index >= 15 is 0 Å². The van der Waals surface area contributed by atoms with Crippen LogP contribution in [-0.2, 0) is 20.0 Å². The molecule has 0 saturated carbocycles. The van der Waals surface area contributed by atoms with Crippen LogP contribution in [0.2, 0.25) is 0 Å². The fraction of sp³-hybridized carbons (Fsp3) is 1.00. The van der Waals surface area contributed by atoms with E-state index in [1.54, 1.807) is 4.13 Å². The molecule has 1 heterocycles. The van der Waals surface area contributed by atoms with E-state index in [0.29, 0.717) is 0 Å². The molecular weight excluding hydrogens is 190 g/mol. The summed E-state index contributed by atoms with van der Waals surface area (Å²) in [5, 5.41) is -0.606. The highest BCUT2D eigenvalue weighted by molar-refractivity contribution is 8.05. The Balaban J connectivity index is 3.03. The molecule has 1 unspecified atom stereocenters. The molecule has 7 heteroatoms. The van der Waals surface area contributed by atoms with Crippen LogP contribution in [0.5, 0.6) is 0 Å². The van der Waals surface area contributed by atoms with Crippen LogP contribution >= 0.6 is 0 Å². The van der Waals surface area contributed by atoms with E-state index in [9.17, 15) is 16.8 Å². The number of sulfonamides is 2. The zero-order valence-corrected chi connectivity index (χ0v) is 7.57. The molecule has 0 radical (unpaired) electrons.